The molecule has 0 aliphatic heterocycles. The van der Waals surface area contributed by atoms with Crippen LogP contribution in [0.4, 0.5) is 0 Å². The first-order chi connectivity index (χ1) is 10.1. The molecule has 1 fully saturated rings. The van der Waals surface area contributed by atoms with E-state index in [9.17, 15) is 5.11 Å². The van der Waals surface area contributed by atoms with Gasteiger partial charge in [-0.15, -0.1) is 0 Å². The Bertz CT molecular complexity index is 601. The van der Waals surface area contributed by atoms with E-state index in [1.54, 1.807) is 6.20 Å². The molecule has 1 N–H and O–H groups in total. The van der Waals surface area contributed by atoms with Crippen LogP contribution >= 0.6 is 11.6 Å². The number of nitrogens with zero attached hydrogens (tertiary/aromatic N) is 2. The van der Waals surface area contributed by atoms with E-state index in [2.05, 4.69) is 29.4 Å². The molecule has 2 aromatic rings. The van der Waals surface area contributed by atoms with E-state index in [0.29, 0.717) is 10.9 Å². The second-order valence-electron chi connectivity index (χ2n) is 5.87. The van der Waals surface area contributed by atoms with E-state index in [4.69, 9.17) is 11.6 Å². The van der Waals surface area contributed by atoms with Gasteiger partial charge in [0.15, 0.2) is 0 Å². The zero-order chi connectivity index (χ0) is 14.9. The molecule has 0 atom stereocenters. The molecular weight excluding hydrogens is 284 g/mol. The monoisotopic (exact) mass is 304 g/mol. The minimum Gasteiger partial charge on any atom is -0.384 e. The first-order valence-electron chi connectivity index (χ1n) is 7.63. The Morgan fingerprint density at radius 1 is 1.29 bits per heavy atom. The van der Waals surface area contributed by atoms with Crippen LogP contribution in [0.25, 0.3) is 0 Å². The molecule has 1 saturated carbocycles. The van der Waals surface area contributed by atoms with Crippen molar-refractivity contribution in [3.63, 3.8) is 0 Å². The van der Waals surface area contributed by atoms with E-state index < -0.39 is 5.60 Å². The molecule has 4 heteroatoms. The van der Waals surface area contributed by atoms with Crippen molar-refractivity contribution in [3.05, 3.63) is 52.8 Å². The summed E-state index contributed by atoms with van der Waals surface area (Å²) in [6, 6.07) is 10.6. The lowest BCUT2D eigenvalue weighted by molar-refractivity contribution is -0.0134. The van der Waals surface area contributed by atoms with Crippen LogP contribution in [0.1, 0.15) is 49.8 Å². The molecule has 1 aromatic carbocycles. The lowest BCUT2D eigenvalue weighted by Crippen LogP contribution is -2.33. The topological polar surface area (TPSA) is 38.0 Å². The molecule has 1 aromatic heterocycles. The predicted octanol–water partition coefficient (Wildman–Crippen LogP) is 4.10. The molecule has 3 nitrogen and oxygen atoms in total. The normalized spacial score (nSPS) is 26.0. The van der Waals surface area contributed by atoms with Gasteiger partial charge in [0, 0.05) is 6.54 Å². The summed E-state index contributed by atoms with van der Waals surface area (Å²) in [5, 5.41) is 15.9. The van der Waals surface area contributed by atoms with Crippen molar-refractivity contribution >= 4 is 11.6 Å². The largest absolute Gasteiger partial charge is 0.384 e. The molecule has 21 heavy (non-hydrogen) atoms. The van der Waals surface area contributed by atoms with Crippen molar-refractivity contribution in [1.82, 2.24) is 9.78 Å². The summed E-state index contributed by atoms with van der Waals surface area (Å²) in [4.78, 5) is 0. The molecule has 0 unspecified atom stereocenters. The minimum atomic E-state index is -0.838. The van der Waals surface area contributed by atoms with Gasteiger partial charge < -0.3 is 5.11 Å². The number of aryl methyl sites for hydroxylation is 1. The summed E-state index contributed by atoms with van der Waals surface area (Å²) in [6.07, 6.45) is 5.06. The summed E-state index contributed by atoms with van der Waals surface area (Å²) < 4.78 is 1.82. The maximum absolute atomic E-state index is 11.0. The van der Waals surface area contributed by atoms with Crippen molar-refractivity contribution in [1.29, 1.82) is 0 Å². The van der Waals surface area contributed by atoms with Crippen LogP contribution < -0.4 is 0 Å². The SMILES string of the molecule is CCn1ncc(Cl)c1C1(O)CCC(c2ccccc2)CC1. The molecule has 1 heterocycles. The number of benzene rings is 1. The summed E-state index contributed by atoms with van der Waals surface area (Å²) in [5.74, 6) is 0.531. The second-order valence-corrected chi connectivity index (χ2v) is 6.28. The van der Waals surface area contributed by atoms with E-state index in [0.717, 1.165) is 37.9 Å². The molecule has 0 radical (unpaired) electrons. The van der Waals surface area contributed by atoms with Crippen molar-refractivity contribution in [2.45, 2.75) is 50.7 Å². The van der Waals surface area contributed by atoms with Gasteiger partial charge in [-0.3, -0.25) is 4.68 Å². The van der Waals surface area contributed by atoms with Crippen LogP contribution in [0.15, 0.2) is 36.5 Å². The Labute approximate surface area is 130 Å². The predicted molar refractivity (Wildman–Crippen MR) is 84.5 cm³/mol. The van der Waals surface area contributed by atoms with Crippen LogP contribution in [0.3, 0.4) is 0 Å². The third-order valence-corrected chi connectivity index (χ3v) is 4.90. The smallest absolute Gasteiger partial charge is 0.108 e. The maximum atomic E-state index is 11.0. The molecule has 0 saturated heterocycles. The Hall–Kier alpha value is -1.32. The van der Waals surface area contributed by atoms with E-state index in [1.807, 2.05) is 17.7 Å². The number of halogens is 1. The van der Waals surface area contributed by atoms with Gasteiger partial charge in [0.25, 0.3) is 0 Å². The van der Waals surface area contributed by atoms with Crippen molar-refractivity contribution < 1.29 is 5.11 Å². The Balaban J connectivity index is 1.79. The van der Waals surface area contributed by atoms with Gasteiger partial charge in [0.2, 0.25) is 0 Å². The van der Waals surface area contributed by atoms with Crippen LogP contribution in [0, 0.1) is 0 Å². The lowest BCUT2D eigenvalue weighted by atomic mass is 9.74. The fourth-order valence-electron chi connectivity index (χ4n) is 3.46. The van der Waals surface area contributed by atoms with Gasteiger partial charge in [-0.25, -0.2) is 0 Å². The molecule has 0 bridgehead atoms. The van der Waals surface area contributed by atoms with E-state index in [1.165, 1.54) is 5.56 Å². The highest BCUT2D eigenvalue weighted by Crippen LogP contribution is 2.44. The summed E-state index contributed by atoms with van der Waals surface area (Å²) >= 11 is 6.26. The van der Waals surface area contributed by atoms with E-state index in [-0.39, 0.29) is 0 Å². The van der Waals surface area contributed by atoms with Gasteiger partial charge in [0.05, 0.1) is 16.9 Å². The van der Waals surface area contributed by atoms with Gasteiger partial charge in [-0.05, 0) is 44.1 Å². The zero-order valence-corrected chi connectivity index (χ0v) is 13.1. The highest BCUT2D eigenvalue weighted by molar-refractivity contribution is 6.31. The maximum Gasteiger partial charge on any atom is 0.108 e. The Kier molecular flexibility index (Phi) is 4.05. The highest BCUT2D eigenvalue weighted by Gasteiger charge is 2.39. The van der Waals surface area contributed by atoms with Crippen LogP contribution in [0.2, 0.25) is 5.02 Å². The Morgan fingerprint density at radius 2 is 1.95 bits per heavy atom. The van der Waals surface area contributed by atoms with Crippen molar-refractivity contribution in [3.8, 4) is 0 Å². The average molecular weight is 305 g/mol. The summed E-state index contributed by atoms with van der Waals surface area (Å²) in [6.45, 7) is 2.75. The fourth-order valence-corrected chi connectivity index (χ4v) is 3.77. The number of hydrogen-bond donors (Lipinski definition) is 1. The molecule has 3 rings (SSSR count). The summed E-state index contributed by atoms with van der Waals surface area (Å²) in [7, 11) is 0. The molecule has 0 amide bonds. The quantitative estimate of drug-likeness (QED) is 0.927. The van der Waals surface area contributed by atoms with Crippen molar-refractivity contribution in [2.75, 3.05) is 0 Å². The van der Waals surface area contributed by atoms with Crippen molar-refractivity contribution in [2.24, 2.45) is 0 Å². The molecule has 1 aliphatic carbocycles. The average Bonchev–Trinajstić information content (AvgIpc) is 2.90. The first-order valence-corrected chi connectivity index (χ1v) is 8.01. The van der Waals surface area contributed by atoms with Gasteiger partial charge >= 0.3 is 0 Å². The summed E-state index contributed by atoms with van der Waals surface area (Å²) in [5.41, 5.74) is 1.32. The molecule has 1 aliphatic rings. The van der Waals surface area contributed by atoms with E-state index >= 15 is 0 Å². The fraction of sp³-hybridized carbons (Fsp3) is 0.471. The number of hydrogen-bond acceptors (Lipinski definition) is 2. The standard InChI is InChI=1S/C17H21ClN2O/c1-2-20-16(15(18)12-19-20)17(21)10-8-14(9-11-17)13-6-4-3-5-7-13/h3-7,12,14,21H,2,8-11H2,1H3. The molecule has 0 spiro atoms. The van der Waals surface area contributed by atoms with Crippen LogP contribution in [-0.4, -0.2) is 14.9 Å². The highest BCUT2D eigenvalue weighted by atomic mass is 35.5. The number of aliphatic hydroxyl groups is 1. The van der Waals surface area contributed by atoms with Gasteiger partial charge in [-0.2, -0.15) is 5.10 Å². The first kappa shape index (κ1) is 14.6. The van der Waals surface area contributed by atoms with Gasteiger partial charge in [0.1, 0.15) is 5.60 Å². The minimum absolute atomic E-state index is 0.531. The van der Waals surface area contributed by atoms with Crippen LogP contribution in [0.5, 0.6) is 0 Å². The van der Waals surface area contributed by atoms with Gasteiger partial charge in [-0.1, -0.05) is 41.9 Å². The third-order valence-electron chi connectivity index (χ3n) is 4.62. The van der Waals surface area contributed by atoms with Crippen LogP contribution in [-0.2, 0) is 12.1 Å². The lowest BCUT2D eigenvalue weighted by Gasteiger charge is -2.36. The zero-order valence-electron chi connectivity index (χ0n) is 12.3. The Morgan fingerprint density at radius 3 is 2.57 bits per heavy atom. The number of rotatable bonds is 3. The number of aromatic nitrogens is 2. The third kappa shape index (κ3) is 2.72. The molecule has 112 valence electrons. The molecular formula is C17H21ClN2O. The second kappa shape index (κ2) is 5.82.